The van der Waals surface area contributed by atoms with Crippen LogP contribution < -0.4 is 10.5 Å². The summed E-state index contributed by atoms with van der Waals surface area (Å²) in [7, 11) is 1.76. The van der Waals surface area contributed by atoms with Crippen molar-refractivity contribution >= 4 is 5.91 Å². The van der Waals surface area contributed by atoms with Gasteiger partial charge in [0, 0.05) is 13.6 Å². The second kappa shape index (κ2) is 7.79. The Kier molecular flexibility index (Phi) is 5.77. The summed E-state index contributed by atoms with van der Waals surface area (Å²) >= 11 is 0. The molecule has 0 saturated heterocycles. The maximum Gasteiger partial charge on any atom is 0.244 e. The Morgan fingerprint density at radius 2 is 1.83 bits per heavy atom. The number of carbonyl (C=O) groups is 1. The standard InChI is InChI=1S/C19H24N2O2/c1-14(2)23-17-11-7-8-15(12-17)13-21(3)19(22)18(20)16-9-5-4-6-10-16/h4-12,14,18H,13,20H2,1-3H3/t18-/m0/s1. The van der Waals surface area contributed by atoms with Crippen molar-refractivity contribution in [3.05, 3.63) is 65.7 Å². The number of nitrogens with two attached hydrogens (primary N) is 1. The van der Waals surface area contributed by atoms with Crippen LogP contribution in [0.3, 0.4) is 0 Å². The van der Waals surface area contributed by atoms with E-state index < -0.39 is 6.04 Å². The Bertz CT molecular complexity index is 641. The number of likely N-dealkylation sites (N-methyl/N-ethyl adjacent to an activating group) is 1. The fourth-order valence-electron chi connectivity index (χ4n) is 2.38. The molecule has 0 aromatic heterocycles. The first-order valence-electron chi connectivity index (χ1n) is 7.78. The zero-order valence-corrected chi connectivity index (χ0v) is 13.9. The molecule has 23 heavy (non-hydrogen) atoms. The van der Waals surface area contributed by atoms with Crippen LogP contribution >= 0.6 is 0 Å². The first-order chi connectivity index (χ1) is 11.0. The van der Waals surface area contributed by atoms with Crippen molar-refractivity contribution in [3.63, 3.8) is 0 Å². The molecule has 4 nitrogen and oxygen atoms in total. The van der Waals surface area contributed by atoms with Gasteiger partial charge in [0.2, 0.25) is 5.91 Å². The largest absolute Gasteiger partial charge is 0.491 e. The predicted octanol–water partition coefficient (Wildman–Crippen LogP) is 3.13. The highest BCUT2D eigenvalue weighted by molar-refractivity contribution is 5.82. The van der Waals surface area contributed by atoms with Crippen LogP contribution in [0, 0.1) is 0 Å². The minimum atomic E-state index is -0.642. The zero-order valence-electron chi connectivity index (χ0n) is 13.9. The quantitative estimate of drug-likeness (QED) is 0.891. The SMILES string of the molecule is CC(C)Oc1cccc(CN(C)C(=O)[C@@H](N)c2ccccc2)c1. The molecule has 0 fully saturated rings. The summed E-state index contributed by atoms with van der Waals surface area (Å²) in [5, 5.41) is 0. The molecule has 2 aromatic carbocycles. The van der Waals surface area contributed by atoms with Gasteiger partial charge in [-0.3, -0.25) is 4.79 Å². The van der Waals surface area contributed by atoms with Gasteiger partial charge in [0.25, 0.3) is 0 Å². The van der Waals surface area contributed by atoms with Crippen LogP contribution in [-0.2, 0) is 11.3 Å². The van der Waals surface area contributed by atoms with E-state index in [1.165, 1.54) is 0 Å². The average molecular weight is 312 g/mol. The highest BCUT2D eigenvalue weighted by atomic mass is 16.5. The van der Waals surface area contributed by atoms with Gasteiger partial charge in [-0.25, -0.2) is 0 Å². The third kappa shape index (κ3) is 4.83. The molecular formula is C19H24N2O2. The van der Waals surface area contributed by atoms with Gasteiger partial charge in [-0.05, 0) is 37.1 Å². The fraction of sp³-hybridized carbons (Fsp3) is 0.316. The number of rotatable bonds is 6. The Hall–Kier alpha value is -2.33. The number of hydrogen-bond acceptors (Lipinski definition) is 3. The third-order valence-electron chi connectivity index (χ3n) is 3.49. The van der Waals surface area contributed by atoms with Crippen molar-refractivity contribution in [2.75, 3.05) is 7.05 Å². The third-order valence-corrected chi connectivity index (χ3v) is 3.49. The molecule has 0 spiro atoms. The molecule has 122 valence electrons. The Morgan fingerprint density at radius 3 is 2.48 bits per heavy atom. The molecule has 0 bridgehead atoms. The van der Waals surface area contributed by atoms with E-state index in [4.69, 9.17) is 10.5 Å². The van der Waals surface area contributed by atoms with Crippen molar-refractivity contribution in [1.82, 2.24) is 4.90 Å². The topological polar surface area (TPSA) is 55.6 Å². The molecule has 0 heterocycles. The maximum absolute atomic E-state index is 12.5. The predicted molar refractivity (Wildman–Crippen MR) is 92.1 cm³/mol. The monoisotopic (exact) mass is 312 g/mol. The van der Waals surface area contributed by atoms with Crippen LogP contribution in [0.1, 0.15) is 31.0 Å². The van der Waals surface area contributed by atoms with E-state index in [1.807, 2.05) is 68.4 Å². The highest BCUT2D eigenvalue weighted by Gasteiger charge is 2.19. The summed E-state index contributed by atoms with van der Waals surface area (Å²) < 4.78 is 5.69. The van der Waals surface area contributed by atoms with Crippen LogP contribution in [0.5, 0.6) is 5.75 Å². The highest BCUT2D eigenvalue weighted by Crippen LogP contribution is 2.18. The molecule has 1 amide bonds. The van der Waals surface area contributed by atoms with E-state index in [0.29, 0.717) is 6.54 Å². The Morgan fingerprint density at radius 1 is 1.13 bits per heavy atom. The van der Waals surface area contributed by atoms with E-state index in [-0.39, 0.29) is 12.0 Å². The van der Waals surface area contributed by atoms with Crippen molar-refractivity contribution < 1.29 is 9.53 Å². The van der Waals surface area contributed by atoms with Crippen LogP contribution in [0.25, 0.3) is 0 Å². The summed E-state index contributed by atoms with van der Waals surface area (Å²) in [5.74, 6) is 0.706. The molecule has 0 aliphatic carbocycles. The van der Waals surface area contributed by atoms with E-state index in [1.54, 1.807) is 11.9 Å². The molecular weight excluding hydrogens is 288 g/mol. The molecule has 2 N–H and O–H groups in total. The maximum atomic E-state index is 12.5. The van der Waals surface area contributed by atoms with Crippen LogP contribution in [-0.4, -0.2) is 24.0 Å². The van der Waals surface area contributed by atoms with Crippen molar-refractivity contribution in [2.45, 2.75) is 32.5 Å². The van der Waals surface area contributed by atoms with Gasteiger partial charge in [0.15, 0.2) is 0 Å². The number of hydrogen-bond donors (Lipinski definition) is 1. The average Bonchev–Trinajstić information content (AvgIpc) is 2.54. The van der Waals surface area contributed by atoms with Crippen LogP contribution in [0.2, 0.25) is 0 Å². The number of nitrogens with zero attached hydrogens (tertiary/aromatic N) is 1. The molecule has 1 atom stereocenters. The number of ether oxygens (including phenoxy) is 1. The van der Waals surface area contributed by atoms with Gasteiger partial charge in [-0.1, -0.05) is 42.5 Å². The normalized spacial score (nSPS) is 12.0. The lowest BCUT2D eigenvalue weighted by Gasteiger charge is -2.22. The van der Waals surface area contributed by atoms with Gasteiger partial charge in [0.1, 0.15) is 11.8 Å². The molecule has 0 unspecified atom stereocenters. The van der Waals surface area contributed by atoms with Gasteiger partial charge in [-0.2, -0.15) is 0 Å². The molecule has 0 aliphatic heterocycles. The van der Waals surface area contributed by atoms with Gasteiger partial charge >= 0.3 is 0 Å². The second-order valence-corrected chi connectivity index (χ2v) is 5.90. The van der Waals surface area contributed by atoms with Crippen molar-refractivity contribution in [1.29, 1.82) is 0 Å². The summed E-state index contributed by atoms with van der Waals surface area (Å²) in [4.78, 5) is 14.1. The molecule has 0 saturated carbocycles. The van der Waals surface area contributed by atoms with Crippen LogP contribution in [0.4, 0.5) is 0 Å². The summed E-state index contributed by atoms with van der Waals surface area (Å²) in [6.45, 7) is 4.47. The number of amides is 1. The smallest absolute Gasteiger partial charge is 0.244 e. The van der Waals surface area contributed by atoms with E-state index in [0.717, 1.165) is 16.9 Å². The van der Waals surface area contributed by atoms with Crippen LogP contribution in [0.15, 0.2) is 54.6 Å². The summed E-state index contributed by atoms with van der Waals surface area (Å²) in [6, 6.07) is 16.6. The van der Waals surface area contributed by atoms with E-state index >= 15 is 0 Å². The molecule has 0 aliphatic rings. The lowest BCUT2D eigenvalue weighted by Crippen LogP contribution is -2.35. The fourth-order valence-corrected chi connectivity index (χ4v) is 2.38. The summed E-state index contributed by atoms with van der Waals surface area (Å²) in [6.07, 6.45) is 0.121. The van der Waals surface area contributed by atoms with E-state index in [9.17, 15) is 4.79 Å². The lowest BCUT2D eigenvalue weighted by molar-refractivity contribution is -0.131. The summed E-state index contributed by atoms with van der Waals surface area (Å²) in [5.41, 5.74) is 7.91. The van der Waals surface area contributed by atoms with Gasteiger partial charge in [-0.15, -0.1) is 0 Å². The zero-order chi connectivity index (χ0) is 16.8. The molecule has 0 radical (unpaired) electrons. The lowest BCUT2D eigenvalue weighted by atomic mass is 10.1. The van der Waals surface area contributed by atoms with Crippen molar-refractivity contribution in [2.24, 2.45) is 5.73 Å². The first-order valence-corrected chi connectivity index (χ1v) is 7.78. The van der Waals surface area contributed by atoms with E-state index in [2.05, 4.69) is 0 Å². The number of carbonyl (C=O) groups excluding carboxylic acids is 1. The Labute approximate surface area is 137 Å². The van der Waals surface area contributed by atoms with Gasteiger partial charge < -0.3 is 15.4 Å². The molecule has 2 aromatic rings. The minimum absolute atomic E-state index is 0.105. The minimum Gasteiger partial charge on any atom is -0.491 e. The van der Waals surface area contributed by atoms with Crippen molar-refractivity contribution in [3.8, 4) is 5.75 Å². The second-order valence-electron chi connectivity index (χ2n) is 5.90. The molecule has 4 heteroatoms. The Balaban J connectivity index is 2.03. The first kappa shape index (κ1) is 17.0. The molecule has 2 rings (SSSR count). The van der Waals surface area contributed by atoms with Gasteiger partial charge in [0.05, 0.1) is 6.10 Å². The number of benzene rings is 2.